The maximum absolute atomic E-state index is 5.88. The van der Waals surface area contributed by atoms with Crippen LogP contribution in [0.25, 0.3) is 5.69 Å². The summed E-state index contributed by atoms with van der Waals surface area (Å²) in [4.78, 5) is 0. The fraction of sp³-hybridized carbons (Fsp3) is 0.250. The molecule has 0 aliphatic heterocycles. The van der Waals surface area contributed by atoms with E-state index in [0.29, 0.717) is 35.2 Å². The average Bonchev–Trinajstić information content (AvgIpc) is 1.72. The molecule has 1 heterocycles. The molecular formula is C84H90Cl14N2O. The van der Waals surface area contributed by atoms with Crippen LogP contribution in [0.1, 0.15) is 125 Å². The predicted octanol–water partition coefficient (Wildman–Crippen LogP) is 31.8. The van der Waals surface area contributed by atoms with Crippen LogP contribution >= 0.6 is 162 Å². The third kappa shape index (κ3) is 37.7. The first-order chi connectivity index (χ1) is 48.4. The first-order valence-electron chi connectivity index (χ1n) is 33.2. The van der Waals surface area contributed by atoms with E-state index in [1.807, 2.05) is 182 Å². The summed E-state index contributed by atoms with van der Waals surface area (Å²) in [6.07, 6.45) is 13.7. The van der Waals surface area contributed by atoms with Crippen LogP contribution in [0.2, 0.25) is 70.3 Å². The van der Waals surface area contributed by atoms with Crippen molar-refractivity contribution in [2.45, 2.75) is 133 Å². The van der Waals surface area contributed by atoms with Crippen LogP contribution in [0, 0.1) is 0 Å². The number of rotatable bonds is 12. The quantitative estimate of drug-likeness (QED) is 0.122. The van der Waals surface area contributed by atoms with E-state index in [9.17, 15) is 0 Å². The lowest BCUT2D eigenvalue weighted by atomic mass is 10.1. The van der Waals surface area contributed by atoms with E-state index in [2.05, 4.69) is 97.7 Å². The molecule has 0 saturated heterocycles. The molecule has 0 spiro atoms. The van der Waals surface area contributed by atoms with E-state index < -0.39 is 0 Å². The highest BCUT2D eigenvalue weighted by Crippen LogP contribution is 2.29. The Bertz CT molecular complexity index is 3980. The minimum atomic E-state index is 0.624. The Morgan fingerprint density at radius 3 is 1.07 bits per heavy atom. The molecule has 0 amide bonds. The van der Waals surface area contributed by atoms with Gasteiger partial charge in [-0.15, -0.1) is 0 Å². The van der Waals surface area contributed by atoms with E-state index in [-0.39, 0.29) is 0 Å². The molecule has 17 heteroatoms. The second-order valence-electron chi connectivity index (χ2n) is 21.6. The van der Waals surface area contributed by atoms with Gasteiger partial charge in [0.05, 0.1) is 27.9 Å². The average molecular weight is 1640 g/mol. The molecule has 3 nitrogen and oxygen atoms in total. The van der Waals surface area contributed by atoms with E-state index in [1.54, 1.807) is 31.5 Å². The second kappa shape index (κ2) is 54.0. The van der Waals surface area contributed by atoms with Crippen molar-refractivity contribution in [1.29, 1.82) is 0 Å². The van der Waals surface area contributed by atoms with Crippen molar-refractivity contribution in [1.82, 2.24) is 9.78 Å². The van der Waals surface area contributed by atoms with Crippen LogP contribution in [-0.4, -0.2) is 16.9 Å². The molecule has 0 N–H and O–H groups in total. The summed E-state index contributed by atoms with van der Waals surface area (Å²) < 4.78 is 7.00. The number of nitrogens with zero attached hydrogens (tertiary/aromatic N) is 2. The Balaban J connectivity index is 0.000000382. The molecule has 0 fully saturated rings. The first kappa shape index (κ1) is 92.4. The van der Waals surface area contributed by atoms with Gasteiger partial charge in [0.25, 0.3) is 0 Å². The lowest BCUT2D eigenvalue weighted by molar-refractivity contribution is 0.410. The Morgan fingerprint density at radius 2 is 0.673 bits per heavy atom. The van der Waals surface area contributed by atoms with E-state index in [0.717, 1.165) is 133 Å². The normalized spacial score (nSPS) is 9.83. The molecule has 11 rings (SSSR count). The smallest absolute Gasteiger partial charge is 0.140 e. The molecule has 0 atom stereocenters. The van der Waals surface area contributed by atoms with Crippen LogP contribution in [0.3, 0.4) is 0 Å². The van der Waals surface area contributed by atoms with Crippen molar-refractivity contribution < 1.29 is 4.74 Å². The highest BCUT2D eigenvalue weighted by atomic mass is 35.5. The largest absolute Gasteiger partial charge is 0.495 e. The standard InChI is InChI=1S/C11H12N2.C9H11ClO.5C8H8Cl2.3C8H9Cl/c1-2-10-4-6-11(7-5-10)13-9-3-8-12-13;1-3-7-5-4-6-8(10)9(7)11-2;1-2-6-3-7(9)5-8(10)4-6;2*1-2-6-3-4-7(9)5-8(6)10;1-2-6-3-4-7(9)8(10)5-6;1-2-6-7(9)4-3-5-8(6)10;1-2-7-3-5-8(9)6-4-7;1-2-7-4-3-5-8(9)6-7;1-2-7-5-3-4-6-8(7)9/h3-9H,2H2,1H3;4-6H,3H2,1-2H3;5*3-5H,2H2,1H3;3*3-6H,2H2,1H3. The van der Waals surface area contributed by atoms with Crippen molar-refractivity contribution in [2.75, 3.05) is 7.11 Å². The highest BCUT2D eigenvalue weighted by Gasteiger charge is 2.05. The number of halogens is 14. The number of para-hydroxylation sites is 1. The maximum Gasteiger partial charge on any atom is 0.140 e. The molecule has 0 bridgehead atoms. The Morgan fingerprint density at radius 1 is 0.267 bits per heavy atom. The topological polar surface area (TPSA) is 27.1 Å². The summed E-state index contributed by atoms with van der Waals surface area (Å²) in [6.45, 7) is 20.9. The van der Waals surface area contributed by atoms with Gasteiger partial charge in [-0.3, -0.25) is 0 Å². The fourth-order valence-electron chi connectivity index (χ4n) is 8.69. The van der Waals surface area contributed by atoms with Crippen molar-refractivity contribution >= 4 is 162 Å². The Kier molecular flexibility index (Phi) is 49.3. The predicted molar refractivity (Wildman–Crippen MR) is 452 cm³/mol. The monoisotopic (exact) mass is 1630 g/mol. The van der Waals surface area contributed by atoms with Crippen LogP contribution in [0.5, 0.6) is 5.75 Å². The number of hydrogen-bond acceptors (Lipinski definition) is 2. The fourth-order valence-corrected chi connectivity index (χ4v) is 12.2. The Hall–Kier alpha value is -4.73. The van der Waals surface area contributed by atoms with Gasteiger partial charge in [0, 0.05) is 67.6 Å². The second-order valence-corrected chi connectivity index (χ2v) is 27.5. The maximum atomic E-state index is 5.88. The van der Waals surface area contributed by atoms with Crippen LogP contribution in [-0.2, 0) is 64.2 Å². The number of hydrogen-bond donors (Lipinski definition) is 0. The van der Waals surface area contributed by atoms with E-state index in [4.69, 9.17) is 167 Å². The van der Waals surface area contributed by atoms with Gasteiger partial charge in [0.2, 0.25) is 0 Å². The lowest BCUT2D eigenvalue weighted by Gasteiger charge is -2.06. The molecule has 0 aliphatic carbocycles. The highest BCUT2D eigenvalue weighted by molar-refractivity contribution is 6.42. The zero-order valence-corrected chi connectivity index (χ0v) is 69.6. The van der Waals surface area contributed by atoms with Crippen molar-refractivity contribution in [3.05, 3.63) is 351 Å². The minimum Gasteiger partial charge on any atom is -0.495 e. The lowest BCUT2D eigenvalue weighted by Crippen LogP contribution is -1.93. The summed E-state index contributed by atoms with van der Waals surface area (Å²) in [5.41, 5.74) is 13.2. The Labute approximate surface area is 673 Å². The van der Waals surface area contributed by atoms with Gasteiger partial charge in [0.1, 0.15) is 5.75 Å². The van der Waals surface area contributed by atoms with Gasteiger partial charge in [-0.2, -0.15) is 5.10 Å². The molecule has 1 aromatic heterocycles. The number of benzene rings is 10. The third-order valence-corrected chi connectivity index (χ3v) is 18.8. The van der Waals surface area contributed by atoms with Gasteiger partial charge in [-0.25, -0.2) is 4.68 Å². The molecule has 0 unspecified atom stereocenters. The van der Waals surface area contributed by atoms with Crippen LogP contribution in [0.4, 0.5) is 0 Å². The summed E-state index contributed by atoms with van der Waals surface area (Å²) in [5, 5.41) is 14.5. The number of methoxy groups -OCH3 is 1. The van der Waals surface area contributed by atoms with Crippen molar-refractivity contribution in [3.8, 4) is 11.4 Å². The van der Waals surface area contributed by atoms with E-state index >= 15 is 0 Å². The number of aryl methyl sites for hydroxylation is 9. The van der Waals surface area contributed by atoms with E-state index in [1.165, 1.54) is 33.4 Å². The van der Waals surface area contributed by atoms with Crippen LogP contribution < -0.4 is 4.74 Å². The number of ether oxygens (including phenoxy) is 1. The first-order valence-corrected chi connectivity index (χ1v) is 38.5. The molecule has 0 saturated carbocycles. The molecule has 10 aromatic carbocycles. The zero-order valence-electron chi connectivity index (χ0n) is 59.0. The minimum absolute atomic E-state index is 0.624. The SMILES string of the molecule is CCc1c(Cl)cccc1Cl.CCc1cc(Cl)cc(Cl)c1.CCc1ccc(-n2cccn2)cc1.CCc1ccc(Cl)c(Cl)c1.CCc1ccc(Cl)cc1.CCc1ccc(Cl)cc1Cl.CCc1ccc(Cl)cc1Cl.CCc1cccc(Cl)c1.CCc1cccc(Cl)c1OC.CCc1ccccc1Cl. The summed E-state index contributed by atoms with van der Waals surface area (Å²) in [7, 11) is 1.64. The summed E-state index contributed by atoms with van der Waals surface area (Å²) in [6, 6.07) is 67.9. The molecule has 101 heavy (non-hydrogen) atoms. The molecule has 540 valence electrons. The number of aromatic nitrogens is 2. The summed E-state index contributed by atoms with van der Waals surface area (Å²) >= 11 is 80.8. The van der Waals surface area contributed by atoms with Gasteiger partial charge in [-0.1, -0.05) is 323 Å². The van der Waals surface area contributed by atoms with Gasteiger partial charge >= 0.3 is 0 Å². The van der Waals surface area contributed by atoms with Crippen molar-refractivity contribution in [2.24, 2.45) is 0 Å². The van der Waals surface area contributed by atoms with Gasteiger partial charge < -0.3 is 4.74 Å². The zero-order chi connectivity index (χ0) is 75.2. The van der Waals surface area contributed by atoms with Gasteiger partial charge in [0.15, 0.2) is 0 Å². The third-order valence-electron chi connectivity index (χ3n) is 14.6. The summed E-state index contributed by atoms with van der Waals surface area (Å²) in [5.74, 6) is 0.802. The van der Waals surface area contributed by atoms with Crippen LogP contribution in [0.15, 0.2) is 225 Å². The molecular weight excluding hydrogens is 1550 g/mol. The molecule has 0 radical (unpaired) electrons. The molecule has 0 aliphatic rings. The molecule has 11 aromatic rings. The van der Waals surface area contributed by atoms with Crippen molar-refractivity contribution in [3.63, 3.8) is 0 Å². The van der Waals surface area contributed by atoms with Gasteiger partial charge in [-0.05, 0) is 241 Å².